The third kappa shape index (κ3) is 4.35. The lowest BCUT2D eigenvalue weighted by atomic mass is 10.1. The molecule has 6 nitrogen and oxygen atoms in total. The molecule has 1 unspecified atom stereocenters. The van der Waals surface area contributed by atoms with Gasteiger partial charge in [0.15, 0.2) is 11.5 Å². The Kier molecular flexibility index (Phi) is 5.28. The molecule has 0 saturated carbocycles. The van der Waals surface area contributed by atoms with Crippen molar-refractivity contribution in [2.24, 2.45) is 0 Å². The van der Waals surface area contributed by atoms with Gasteiger partial charge in [-0.25, -0.2) is 4.79 Å². The zero-order chi connectivity index (χ0) is 17.6. The average molecular weight is 342 g/mol. The summed E-state index contributed by atoms with van der Waals surface area (Å²) in [4.78, 5) is 12.1. The van der Waals surface area contributed by atoms with Crippen LogP contribution in [0.4, 0.5) is 4.79 Å². The molecular formula is C19H22N2O4. The van der Waals surface area contributed by atoms with Crippen molar-refractivity contribution in [1.29, 1.82) is 0 Å². The van der Waals surface area contributed by atoms with Crippen LogP contribution < -0.4 is 24.8 Å². The highest BCUT2D eigenvalue weighted by molar-refractivity contribution is 5.74. The molecule has 0 fully saturated rings. The molecule has 25 heavy (non-hydrogen) atoms. The third-order valence-electron chi connectivity index (χ3n) is 4.00. The molecule has 0 bridgehead atoms. The summed E-state index contributed by atoms with van der Waals surface area (Å²) in [7, 11) is 1.62. The van der Waals surface area contributed by atoms with Crippen molar-refractivity contribution < 1.29 is 19.0 Å². The van der Waals surface area contributed by atoms with Gasteiger partial charge in [-0.2, -0.15) is 0 Å². The quantitative estimate of drug-likeness (QED) is 0.876. The second kappa shape index (κ2) is 7.79. The Morgan fingerprint density at radius 2 is 1.96 bits per heavy atom. The van der Waals surface area contributed by atoms with Crippen LogP contribution in [0.25, 0.3) is 0 Å². The fourth-order valence-corrected chi connectivity index (χ4v) is 2.63. The molecule has 2 aromatic rings. The Bertz CT molecular complexity index is 748. The van der Waals surface area contributed by atoms with Crippen LogP contribution in [-0.2, 0) is 6.54 Å². The van der Waals surface area contributed by atoms with Crippen molar-refractivity contribution in [1.82, 2.24) is 10.6 Å². The van der Waals surface area contributed by atoms with Crippen LogP contribution in [0, 0.1) is 0 Å². The highest BCUT2D eigenvalue weighted by Gasteiger charge is 2.15. The molecule has 1 aliphatic heterocycles. The van der Waals surface area contributed by atoms with E-state index >= 15 is 0 Å². The van der Waals surface area contributed by atoms with Gasteiger partial charge in [0.05, 0.1) is 13.2 Å². The predicted octanol–water partition coefficient (Wildman–Crippen LogP) is 3.03. The minimum absolute atomic E-state index is 0.152. The van der Waals surface area contributed by atoms with Gasteiger partial charge in [-0.15, -0.1) is 0 Å². The number of carbonyl (C=O) groups is 1. The lowest BCUT2D eigenvalue weighted by Gasteiger charge is -2.21. The zero-order valence-electron chi connectivity index (χ0n) is 14.4. The summed E-state index contributed by atoms with van der Waals surface area (Å²) in [6.07, 6.45) is 0. The molecule has 2 N–H and O–H groups in total. The number of amides is 2. The summed E-state index contributed by atoms with van der Waals surface area (Å²) in [5, 5.41) is 5.78. The number of benzene rings is 2. The maximum Gasteiger partial charge on any atom is 0.315 e. The van der Waals surface area contributed by atoms with Crippen LogP contribution >= 0.6 is 0 Å². The SMILES string of the molecule is COc1cccc(CNC(=O)NC(C)c2ccc3c(c2)OCCO3)c1. The van der Waals surface area contributed by atoms with Crippen LogP contribution in [-0.4, -0.2) is 26.4 Å². The van der Waals surface area contributed by atoms with Gasteiger partial charge in [0.1, 0.15) is 19.0 Å². The smallest absolute Gasteiger partial charge is 0.315 e. The molecular weight excluding hydrogens is 320 g/mol. The van der Waals surface area contributed by atoms with Crippen molar-refractivity contribution in [3.05, 3.63) is 53.6 Å². The highest BCUT2D eigenvalue weighted by atomic mass is 16.6. The number of carbonyl (C=O) groups excluding carboxylic acids is 1. The minimum atomic E-state index is -0.231. The molecule has 0 spiro atoms. The van der Waals surface area contributed by atoms with Gasteiger partial charge in [-0.3, -0.25) is 0 Å². The molecule has 6 heteroatoms. The van der Waals surface area contributed by atoms with Crippen molar-refractivity contribution in [3.63, 3.8) is 0 Å². The molecule has 1 atom stereocenters. The van der Waals surface area contributed by atoms with Crippen molar-refractivity contribution in [3.8, 4) is 17.2 Å². The molecule has 0 aromatic heterocycles. The van der Waals surface area contributed by atoms with E-state index in [-0.39, 0.29) is 12.1 Å². The van der Waals surface area contributed by atoms with E-state index < -0.39 is 0 Å². The van der Waals surface area contributed by atoms with E-state index in [1.54, 1.807) is 7.11 Å². The maximum atomic E-state index is 12.1. The summed E-state index contributed by atoms with van der Waals surface area (Å²) < 4.78 is 16.3. The summed E-state index contributed by atoms with van der Waals surface area (Å²) >= 11 is 0. The number of ether oxygens (including phenoxy) is 3. The molecule has 2 aromatic carbocycles. The van der Waals surface area contributed by atoms with Crippen molar-refractivity contribution in [2.75, 3.05) is 20.3 Å². The standard InChI is InChI=1S/C19H22N2O4/c1-13(15-6-7-17-18(11-15)25-9-8-24-17)21-19(22)20-12-14-4-3-5-16(10-14)23-2/h3-7,10-11,13H,8-9,12H2,1-2H3,(H2,20,21,22). The Labute approximate surface area is 147 Å². The second-order valence-electron chi connectivity index (χ2n) is 5.80. The first kappa shape index (κ1) is 17.0. The monoisotopic (exact) mass is 342 g/mol. The van der Waals surface area contributed by atoms with E-state index in [0.717, 1.165) is 22.6 Å². The number of hydrogen-bond acceptors (Lipinski definition) is 4. The number of methoxy groups -OCH3 is 1. The molecule has 0 saturated heterocycles. The fourth-order valence-electron chi connectivity index (χ4n) is 2.63. The van der Waals surface area contributed by atoms with Crippen LogP contribution in [0.3, 0.4) is 0 Å². The first-order valence-electron chi connectivity index (χ1n) is 8.22. The number of fused-ring (bicyclic) bond motifs is 1. The number of nitrogens with one attached hydrogen (secondary N) is 2. The van der Waals surface area contributed by atoms with Gasteiger partial charge in [0, 0.05) is 6.54 Å². The second-order valence-corrected chi connectivity index (χ2v) is 5.80. The Morgan fingerprint density at radius 1 is 1.16 bits per heavy atom. The van der Waals surface area contributed by atoms with E-state index in [1.165, 1.54) is 0 Å². The molecule has 0 radical (unpaired) electrons. The molecule has 132 valence electrons. The van der Waals surface area contributed by atoms with Crippen molar-refractivity contribution >= 4 is 6.03 Å². The van der Waals surface area contributed by atoms with Gasteiger partial charge >= 0.3 is 6.03 Å². The van der Waals surface area contributed by atoms with Gasteiger partial charge in [-0.05, 0) is 42.3 Å². The van der Waals surface area contributed by atoms with E-state index in [9.17, 15) is 4.79 Å². The number of urea groups is 1. The normalized spacial score (nSPS) is 13.7. The number of rotatable bonds is 5. The van der Waals surface area contributed by atoms with Crippen LogP contribution in [0.1, 0.15) is 24.1 Å². The summed E-state index contributed by atoms with van der Waals surface area (Å²) in [5.41, 5.74) is 1.93. The topological polar surface area (TPSA) is 68.8 Å². The van der Waals surface area contributed by atoms with Crippen LogP contribution in [0.2, 0.25) is 0 Å². The molecule has 0 aliphatic carbocycles. The summed E-state index contributed by atoms with van der Waals surface area (Å²) in [6, 6.07) is 12.9. The summed E-state index contributed by atoms with van der Waals surface area (Å²) in [6.45, 7) is 3.46. The minimum Gasteiger partial charge on any atom is -0.497 e. The van der Waals surface area contributed by atoms with E-state index in [2.05, 4.69) is 10.6 Å². The van der Waals surface area contributed by atoms with Gasteiger partial charge in [-0.1, -0.05) is 18.2 Å². The lowest BCUT2D eigenvalue weighted by molar-refractivity contribution is 0.171. The fraction of sp³-hybridized carbons (Fsp3) is 0.316. The van der Waals surface area contributed by atoms with E-state index in [0.29, 0.717) is 25.5 Å². The van der Waals surface area contributed by atoms with Gasteiger partial charge in [0.2, 0.25) is 0 Å². The molecule has 3 rings (SSSR count). The van der Waals surface area contributed by atoms with Crippen LogP contribution in [0.5, 0.6) is 17.2 Å². The molecule has 1 aliphatic rings. The lowest BCUT2D eigenvalue weighted by Crippen LogP contribution is -2.36. The highest BCUT2D eigenvalue weighted by Crippen LogP contribution is 2.32. The van der Waals surface area contributed by atoms with Gasteiger partial charge in [0.25, 0.3) is 0 Å². The zero-order valence-corrected chi connectivity index (χ0v) is 14.4. The van der Waals surface area contributed by atoms with E-state index in [1.807, 2.05) is 49.4 Å². The first-order chi connectivity index (χ1) is 12.2. The van der Waals surface area contributed by atoms with E-state index in [4.69, 9.17) is 14.2 Å². The third-order valence-corrected chi connectivity index (χ3v) is 4.00. The van der Waals surface area contributed by atoms with Gasteiger partial charge < -0.3 is 24.8 Å². The average Bonchev–Trinajstić information content (AvgIpc) is 2.66. The number of hydrogen-bond donors (Lipinski definition) is 2. The Balaban J connectivity index is 1.55. The van der Waals surface area contributed by atoms with Crippen LogP contribution in [0.15, 0.2) is 42.5 Å². The summed E-state index contributed by atoms with van der Waals surface area (Å²) in [5.74, 6) is 2.23. The van der Waals surface area contributed by atoms with Crippen molar-refractivity contribution in [2.45, 2.75) is 19.5 Å². The maximum absolute atomic E-state index is 12.1. The Hall–Kier alpha value is -2.89. The molecule has 1 heterocycles. The predicted molar refractivity (Wildman–Crippen MR) is 94.2 cm³/mol. The largest absolute Gasteiger partial charge is 0.497 e. The Morgan fingerprint density at radius 3 is 2.76 bits per heavy atom. The first-order valence-corrected chi connectivity index (χ1v) is 8.22. The molecule has 2 amide bonds.